The molecule has 2 aromatic rings. The topological polar surface area (TPSA) is 125 Å². The Kier molecular flexibility index (Phi) is 6.59. The number of nitrogens with one attached hydrogen (secondary N) is 1. The summed E-state index contributed by atoms with van der Waals surface area (Å²) in [7, 11) is -3.93. The Hall–Kier alpha value is -2.78. The maximum Gasteiger partial charge on any atom is 0.415 e. The van der Waals surface area contributed by atoms with Crippen molar-refractivity contribution in [3.05, 3.63) is 41.0 Å². The zero-order valence-corrected chi connectivity index (χ0v) is 24.1. The fourth-order valence-corrected chi connectivity index (χ4v) is 8.36. The molecular weight excluding hydrogens is 596 g/mol. The zero-order chi connectivity index (χ0) is 29.4. The van der Waals surface area contributed by atoms with Gasteiger partial charge in [-0.1, -0.05) is 11.6 Å². The summed E-state index contributed by atoms with van der Waals surface area (Å²) in [6.45, 7) is 1.96. The molecule has 2 atom stereocenters. The van der Waals surface area contributed by atoms with Crippen molar-refractivity contribution in [1.82, 2.24) is 14.6 Å². The molecule has 1 spiro atoms. The van der Waals surface area contributed by atoms with Crippen molar-refractivity contribution in [1.29, 1.82) is 0 Å². The molecule has 42 heavy (non-hydrogen) atoms. The predicted molar refractivity (Wildman–Crippen MR) is 148 cm³/mol. The molecule has 0 unspecified atom stereocenters. The monoisotopic (exact) mass is 625 g/mol. The fraction of sp³-hybridized carbons (Fsp3) is 0.556. The number of sulfonamides is 1. The molecule has 7 rings (SSSR count). The minimum Gasteiger partial charge on any atom is -0.489 e. The van der Waals surface area contributed by atoms with Gasteiger partial charge in [0.25, 0.3) is 5.92 Å². The molecule has 0 radical (unpaired) electrons. The Morgan fingerprint density at radius 2 is 1.88 bits per heavy atom. The van der Waals surface area contributed by atoms with Gasteiger partial charge in [-0.3, -0.25) is 4.90 Å². The van der Waals surface area contributed by atoms with Gasteiger partial charge in [0.05, 0.1) is 17.2 Å². The Morgan fingerprint density at radius 1 is 1.14 bits per heavy atom. The summed E-state index contributed by atoms with van der Waals surface area (Å²) in [5.41, 5.74) is 0.214. The van der Waals surface area contributed by atoms with E-state index in [4.69, 9.17) is 21.1 Å². The number of nitrogens with zero attached hydrogens (tertiary/aromatic N) is 4. The van der Waals surface area contributed by atoms with Gasteiger partial charge in [-0.2, -0.15) is 4.31 Å². The standard InChI is InChI=1S/C27H30ClF2N5O6S/c28-23-7-16(27(29,30)17-10-26(11-17)14-31-15-26)8-24(32-23)33-3-5-34(6-4-33)42(38,39)18-1-2-19-21(9-18)40-13-20-22(12-36)41-25(37)35(19)20/h1-2,7-9,17,20,22,31,36H,3-6,10-15H2/t20-,22+/m1/s1. The molecule has 0 bridgehead atoms. The molecule has 11 nitrogen and oxygen atoms in total. The van der Waals surface area contributed by atoms with E-state index in [1.54, 1.807) is 4.90 Å². The number of carbonyl (C=O) groups excluding carboxylic acids is 1. The summed E-state index contributed by atoms with van der Waals surface area (Å²) in [6.07, 6.45) is -0.411. The molecule has 4 aliphatic heterocycles. The summed E-state index contributed by atoms with van der Waals surface area (Å²) in [5.74, 6) is -3.26. The van der Waals surface area contributed by atoms with E-state index in [9.17, 15) is 18.3 Å². The Bertz CT molecular complexity index is 1530. The molecule has 1 aromatic carbocycles. The van der Waals surface area contributed by atoms with E-state index in [1.165, 1.54) is 39.5 Å². The van der Waals surface area contributed by atoms with E-state index < -0.39 is 40.1 Å². The number of rotatable bonds is 6. The van der Waals surface area contributed by atoms with Crippen LogP contribution in [0.4, 0.5) is 25.1 Å². The lowest BCUT2D eigenvalue weighted by molar-refractivity contribution is -0.156. The Labute approximate surface area is 246 Å². The Morgan fingerprint density at radius 3 is 2.55 bits per heavy atom. The van der Waals surface area contributed by atoms with Crippen LogP contribution in [0.15, 0.2) is 35.2 Å². The number of halogens is 3. The highest BCUT2D eigenvalue weighted by Gasteiger charge is 2.58. The predicted octanol–water partition coefficient (Wildman–Crippen LogP) is 2.42. The summed E-state index contributed by atoms with van der Waals surface area (Å²) >= 11 is 6.19. The average Bonchev–Trinajstić information content (AvgIpc) is 3.26. The van der Waals surface area contributed by atoms with Gasteiger partial charge in [0.2, 0.25) is 10.0 Å². The number of anilines is 2. The first-order chi connectivity index (χ1) is 20.0. The number of fused-ring (bicyclic) bond motifs is 3. The normalized spacial score (nSPS) is 25.8. The lowest BCUT2D eigenvalue weighted by atomic mass is 9.56. The van der Waals surface area contributed by atoms with Gasteiger partial charge in [0.15, 0.2) is 6.10 Å². The second-order valence-corrected chi connectivity index (χ2v) is 14.1. The number of ether oxygens (including phenoxy) is 2. The first-order valence-corrected chi connectivity index (χ1v) is 15.7. The van der Waals surface area contributed by atoms with Gasteiger partial charge in [-0.05, 0) is 42.5 Å². The smallest absolute Gasteiger partial charge is 0.415 e. The van der Waals surface area contributed by atoms with Crippen LogP contribution < -0.4 is 19.9 Å². The first-order valence-electron chi connectivity index (χ1n) is 13.9. The van der Waals surface area contributed by atoms with Gasteiger partial charge in [-0.25, -0.2) is 27.0 Å². The molecule has 5 aliphatic rings. The molecule has 2 N–H and O–H groups in total. The number of aliphatic hydroxyl groups is 1. The Balaban J connectivity index is 1.04. The van der Waals surface area contributed by atoms with E-state index >= 15 is 8.78 Å². The zero-order valence-electron chi connectivity index (χ0n) is 22.5. The minimum atomic E-state index is -3.93. The highest BCUT2D eigenvalue weighted by atomic mass is 35.5. The number of alkyl halides is 2. The van der Waals surface area contributed by atoms with E-state index in [0.29, 0.717) is 24.3 Å². The van der Waals surface area contributed by atoms with E-state index in [-0.39, 0.29) is 66.2 Å². The van der Waals surface area contributed by atoms with Crippen molar-refractivity contribution < 1.29 is 36.6 Å². The summed E-state index contributed by atoms with van der Waals surface area (Å²) in [4.78, 5) is 19.8. The van der Waals surface area contributed by atoms with Crippen LogP contribution in [0.1, 0.15) is 18.4 Å². The van der Waals surface area contributed by atoms with Crippen LogP contribution in [-0.4, -0.2) is 93.5 Å². The average molecular weight is 626 g/mol. The molecule has 5 heterocycles. The summed E-state index contributed by atoms with van der Waals surface area (Å²) < 4.78 is 70.2. The molecule has 3 saturated heterocycles. The maximum absolute atomic E-state index is 15.4. The second-order valence-electron chi connectivity index (χ2n) is 11.7. The third-order valence-corrected chi connectivity index (χ3v) is 11.3. The number of cyclic esters (lactones) is 1. The van der Waals surface area contributed by atoms with Crippen LogP contribution in [0.2, 0.25) is 5.15 Å². The SMILES string of the molecule is O=C1O[C@@H](CO)[C@H]2COc3cc(S(=O)(=O)N4CCN(c5cc(C(F)(F)C6CC7(CNC7)C6)cc(Cl)n5)CC4)ccc3N12. The lowest BCUT2D eigenvalue weighted by Gasteiger charge is -2.56. The van der Waals surface area contributed by atoms with Crippen molar-refractivity contribution in [3.8, 4) is 5.75 Å². The van der Waals surface area contributed by atoms with Crippen molar-refractivity contribution in [2.45, 2.75) is 35.8 Å². The highest BCUT2D eigenvalue weighted by Crippen LogP contribution is 2.57. The minimum absolute atomic E-state index is 0.00200. The quantitative estimate of drug-likeness (QED) is 0.466. The maximum atomic E-state index is 15.4. The molecule has 1 aliphatic carbocycles. The molecule has 1 amide bonds. The molecule has 226 valence electrons. The van der Waals surface area contributed by atoms with Crippen molar-refractivity contribution in [3.63, 3.8) is 0 Å². The van der Waals surface area contributed by atoms with Crippen LogP contribution in [0.25, 0.3) is 0 Å². The third-order valence-electron chi connectivity index (χ3n) is 9.23. The van der Waals surface area contributed by atoms with Crippen LogP contribution in [0, 0.1) is 11.3 Å². The molecular formula is C27H30ClF2N5O6S. The summed E-state index contributed by atoms with van der Waals surface area (Å²) in [6, 6.07) is 6.37. The number of aliphatic hydroxyl groups excluding tert-OH is 1. The van der Waals surface area contributed by atoms with E-state index in [0.717, 1.165) is 13.1 Å². The van der Waals surface area contributed by atoms with Crippen molar-refractivity contribution >= 4 is 39.2 Å². The van der Waals surface area contributed by atoms with Crippen LogP contribution in [-0.2, 0) is 20.7 Å². The van der Waals surface area contributed by atoms with Crippen molar-refractivity contribution in [2.75, 3.05) is 62.3 Å². The van der Waals surface area contributed by atoms with Gasteiger partial charge >= 0.3 is 6.09 Å². The lowest BCUT2D eigenvalue weighted by Crippen LogP contribution is -2.62. The first kappa shape index (κ1) is 28.0. The largest absolute Gasteiger partial charge is 0.489 e. The molecule has 15 heteroatoms. The van der Waals surface area contributed by atoms with E-state index in [1.807, 2.05) is 0 Å². The molecule has 4 fully saturated rings. The number of aromatic nitrogens is 1. The van der Waals surface area contributed by atoms with Gasteiger partial charge in [0.1, 0.15) is 29.4 Å². The number of hydrogen-bond acceptors (Lipinski definition) is 9. The van der Waals surface area contributed by atoms with Crippen LogP contribution >= 0.6 is 11.6 Å². The fourth-order valence-electron chi connectivity index (χ4n) is 6.72. The number of amides is 1. The highest BCUT2D eigenvalue weighted by molar-refractivity contribution is 7.89. The number of hydrogen-bond donors (Lipinski definition) is 2. The van der Waals surface area contributed by atoms with Gasteiger partial charge in [0, 0.05) is 56.8 Å². The third kappa shape index (κ3) is 4.41. The summed E-state index contributed by atoms with van der Waals surface area (Å²) in [5, 5.41) is 12.6. The second kappa shape index (κ2) is 9.88. The van der Waals surface area contributed by atoms with E-state index in [2.05, 4.69) is 10.3 Å². The number of piperazine rings is 1. The molecule has 1 aromatic heterocycles. The number of benzene rings is 1. The van der Waals surface area contributed by atoms with Gasteiger partial charge in [-0.15, -0.1) is 0 Å². The molecule has 1 saturated carbocycles. The number of pyridine rings is 1. The van der Waals surface area contributed by atoms with Crippen LogP contribution in [0.3, 0.4) is 0 Å². The van der Waals surface area contributed by atoms with Crippen molar-refractivity contribution in [2.24, 2.45) is 11.3 Å². The van der Waals surface area contributed by atoms with Gasteiger partial charge < -0.3 is 24.8 Å². The van der Waals surface area contributed by atoms with Crippen LogP contribution in [0.5, 0.6) is 5.75 Å². The number of carbonyl (C=O) groups is 1.